The number of para-hydroxylation sites is 2. The fourth-order valence-electron chi connectivity index (χ4n) is 4.64. The SMILES string of the molecule is Cn1c2ccccc2n1-c1ccc(-c2cc(-c3ccccc3)cc(-c3ccccc3)c2)cc1. The van der Waals surface area contributed by atoms with Crippen molar-refractivity contribution in [2.24, 2.45) is 7.05 Å². The van der Waals surface area contributed by atoms with Crippen LogP contribution in [0, 0.1) is 0 Å². The van der Waals surface area contributed by atoms with Crippen molar-refractivity contribution in [3.05, 3.63) is 127 Å². The Morgan fingerprint density at radius 1 is 0.394 bits per heavy atom. The maximum atomic E-state index is 2.29. The van der Waals surface area contributed by atoms with Crippen molar-refractivity contribution < 1.29 is 0 Å². The molecule has 0 spiro atoms. The lowest BCUT2D eigenvalue weighted by Crippen LogP contribution is -2.18. The van der Waals surface area contributed by atoms with E-state index in [9.17, 15) is 0 Å². The van der Waals surface area contributed by atoms with Crippen LogP contribution >= 0.6 is 0 Å². The number of aromatic nitrogens is 2. The molecular formula is C31H24N2. The normalized spacial score (nSPS) is 11.2. The predicted molar refractivity (Wildman–Crippen MR) is 139 cm³/mol. The van der Waals surface area contributed by atoms with Crippen LogP contribution in [0.25, 0.3) is 50.1 Å². The van der Waals surface area contributed by atoms with Gasteiger partial charge in [0.25, 0.3) is 0 Å². The zero-order valence-electron chi connectivity index (χ0n) is 18.5. The van der Waals surface area contributed by atoms with Crippen LogP contribution < -0.4 is 0 Å². The molecule has 0 aliphatic heterocycles. The molecule has 6 rings (SSSR count). The van der Waals surface area contributed by atoms with Crippen molar-refractivity contribution >= 4 is 11.0 Å². The maximum Gasteiger partial charge on any atom is 0.0884 e. The Bertz CT molecular complexity index is 1480. The van der Waals surface area contributed by atoms with Crippen molar-refractivity contribution in [3.8, 4) is 39.1 Å². The highest BCUT2D eigenvalue weighted by Crippen LogP contribution is 2.33. The molecule has 0 atom stereocenters. The Balaban J connectivity index is 1.44. The van der Waals surface area contributed by atoms with Gasteiger partial charge in [0, 0.05) is 7.05 Å². The number of rotatable bonds is 4. The first-order valence-electron chi connectivity index (χ1n) is 11.3. The Labute approximate surface area is 194 Å². The Morgan fingerprint density at radius 2 is 0.818 bits per heavy atom. The molecule has 6 aromatic rings. The number of hydrogen-bond acceptors (Lipinski definition) is 0. The summed E-state index contributed by atoms with van der Waals surface area (Å²) in [5, 5.41) is 0. The minimum atomic E-state index is 1.17. The number of hydrogen-bond donors (Lipinski definition) is 0. The van der Waals surface area contributed by atoms with Crippen molar-refractivity contribution in [2.45, 2.75) is 0 Å². The van der Waals surface area contributed by atoms with Gasteiger partial charge in [0.05, 0.1) is 16.7 Å². The van der Waals surface area contributed by atoms with Gasteiger partial charge >= 0.3 is 0 Å². The molecule has 1 heterocycles. The Hall–Kier alpha value is -4.30. The number of fused-ring (bicyclic) bond motifs is 1. The van der Waals surface area contributed by atoms with Gasteiger partial charge in [-0.15, -0.1) is 0 Å². The molecule has 0 fully saturated rings. The quantitative estimate of drug-likeness (QED) is 0.271. The zero-order valence-corrected chi connectivity index (χ0v) is 18.5. The van der Waals surface area contributed by atoms with Gasteiger partial charge in [-0.3, -0.25) is 9.36 Å². The first-order valence-corrected chi connectivity index (χ1v) is 11.3. The van der Waals surface area contributed by atoms with Crippen LogP contribution in [0.15, 0.2) is 127 Å². The third-order valence-corrected chi connectivity index (χ3v) is 6.35. The summed E-state index contributed by atoms with van der Waals surface area (Å²) in [6.07, 6.45) is 0. The van der Waals surface area contributed by atoms with E-state index in [0.29, 0.717) is 0 Å². The maximum absolute atomic E-state index is 2.29. The number of aryl methyl sites for hydroxylation is 1. The molecule has 0 N–H and O–H groups in total. The molecule has 33 heavy (non-hydrogen) atoms. The van der Waals surface area contributed by atoms with Gasteiger partial charge in [-0.2, -0.15) is 0 Å². The first kappa shape index (κ1) is 19.4. The highest BCUT2D eigenvalue weighted by molar-refractivity contribution is 5.83. The molecule has 2 nitrogen and oxygen atoms in total. The Kier molecular flexibility index (Phi) is 4.70. The van der Waals surface area contributed by atoms with Crippen LogP contribution in [0.4, 0.5) is 0 Å². The zero-order chi connectivity index (χ0) is 22.2. The van der Waals surface area contributed by atoms with Crippen LogP contribution in [0.5, 0.6) is 0 Å². The van der Waals surface area contributed by atoms with Gasteiger partial charge in [0.15, 0.2) is 0 Å². The molecule has 5 aromatic carbocycles. The van der Waals surface area contributed by atoms with E-state index in [1.165, 1.54) is 50.1 Å². The van der Waals surface area contributed by atoms with E-state index in [2.05, 4.69) is 144 Å². The van der Waals surface area contributed by atoms with E-state index in [1.807, 2.05) is 0 Å². The fourth-order valence-corrected chi connectivity index (χ4v) is 4.64. The third-order valence-electron chi connectivity index (χ3n) is 6.35. The van der Waals surface area contributed by atoms with E-state index in [1.54, 1.807) is 0 Å². The van der Waals surface area contributed by atoms with E-state index >= 15 is 0 Å². The predicted octanol–water partition coefficient (Wildman–Crippen LogP) is 7.97. The monoisotopic (exact) mass is 424 g/mol. The highest BCUT2D eigenvalue weighted by Gasteiger charge is 2.12. The lowest BCUT2D eigenvalue weighted by Gasteiger charge is -2.24. The van der Waals surface area contributed by atoms with Crippen molar-refractivity contribution in [1.29, 1.82) is 0 Å². The second kappa shape index (κ2) is 7.99. The first-order chi connectivity index (χ1) is 16.3. The van der Waals surface area contributed by atoms with E-state index in [4.69, 9.17) is 0 Å². The average Bonchev–Trinajstić information content (AvgIpc) is 2.90. The number of nitrogens with zero attached hydrogens (tertiary/aromatic N) is 2. The van der Waals surface area contributed by atoms with E-state index < -0.39 is 0 Å². The molecule has 0 aliphatic rings. The molecule has 0 saturated carbocycles. The van der Waals surface area contributed by atoms with Crippen LogP contribution in [0.3, 0.4) is 0 Å². The molecule has 0 unspecified atom stereocenters. The smallest absolute Gasteiger partial charge is 0.0884 e. The van der Waals surface area contributed by atoms with Crippen LogP contribution in [-0.2, 0) is 7.05 Å². The van der Waals surface area contributed by atoms with Crippen molar-refractivity contribution in [1.82, 2.24) is 9.36 Å². The molecule has 0 aliphatic carbocycles. The molecule has 1 aromatic heterocycles. The second-order valence-electron chi connectivity index (χ2n) is 8.40. The van der Waals surface area contributed by atoms with Crippen LogP contribution in [-0.4, -0.2) is 9.36 Å². The summed E-state index contributed by atoms with van der Waals surface area (Å²) >= 11 is 0. The van der Waals surface area contributed by atoms with Gasteiger partial charge in [-0.1, -0.05) is 84.9 Å². The summed E-state index contributed by atoms with van der Waals surface area (Å²) in [6, 6.07) is 45.4. The highest BCUT2D eigenvalue weighted by atomic mass is 15.4. The summed E-state index contributed by atoms with van der Waals surface area (Å²) < 4.78 is 4.43. The molecular weight excluding hydrogens is 400 g/mol. The fraction of sp³-hybridized carbons (Fsp3) is 0.0323. The summed E-state index contributed by atoms with van der Waals surface area (Å²) in [7, 11) is 2.10. The summed E-state index contributed by atoms with van der Waals surface area (Å²) in [6.45, 7) is 0. The summed E-state index contributed by atoms with van der Waals surface area (Å²) in [4.78, 5) is 0. The summed E-state index contributed by atoms with van der Waals surface area (Å²) in [5.74, 6) is 0. The molecule has 158 valence electrons. The molecule has 0 radical (unpaired) electrons. The third kappa shape index (κ3) is 3.46. The Morgan fingerprint density at radius 3 is 1.33 bits per heavy atom. The minimum absolute atomic E-state index is 1.17. The van der Waals surface area contributed by atoms with Gasteiger partial charge in [0.2, 0.25) is 0 Å². The van der Waals surface area contributed by atoms with Gasteiger partial charge in [0.1, 0.15) is 0 Å². The standard InChI is InChI=1S/C31H24N2/c1-32-30-14-8-9-15-31(30)33(32)29-18-16-25(17-19-29)28-21-26(23-10-4-2-5-11-23)20-27(22-28)24-12-6-3-7-13-24/h2-22H,1H3. The van der Waals surface area contributed by atoms with E-state index in [0.717, 1.165) is 0 Å². The summed E-state index contributed by atoms with van der Waals surface area (Å²) in [5.41, 5.74) is 11.0. The van der Waals surface area contributed by atoms with Crippen molar-refractivity contribution in [2.75, 3.05) is 0 Å². The molecule has 0 amide bonds. The largest absolute Gasteiger partial charge is 0.282 e. The lowest BCUT2D eigenvalue weighted by atomic mass is 9.93. The van der Waals surface area contributed by atoms with E-state index in [-0.39, 0.29) is 0 Å². The van der Waals surface area contributed by atoms with Gasteiger partial charge in [-0.25, -0.2) is 0 Å². The lowest BCUT2D eigenvalue weighted by molar-refractivity contribution is 0.654. The second-order valence-corrected chi connectivity index (χ2v) is 8.40. The minimum Gasteiger partial charge on any atom is -0.282 e. The van der Waals surface area contributed by atoms with Crippen molar-refractivity contribution in [3.63, 3.8) is 0 Å². The topological polar surface area (TPSA) is 9.86 Å². The molecule has 0 bridgehead atoms. The number of benzene rings is 5. The van der Waals surface area contributed by atoms with Gasteiger partial charge in [-0.05, 0) is 75.8 Å². The average molecular weight is 425 g/mol. The van der Waals surface area contributed by atoms with Crippen LogP contribution in [0.2, 0.25) is 0 Å². The van der Waals surface area contributed by atoms with Crippen LogP contribution in [0.1, 0.15) is 0 Å². The van der Waals surface area contributed by atoms with Gasteiger partial charge < -0.3 is 0 Å². The molecule has 2 heteroatoms. The molecule has 0 saturated heterocycles.